The van der Waals surface area contributed by atoms with Crippen molar-refractivity contribution in [1.29, 1.82) is 0 Å². The lowest BCUT2D eigenvalue weighted by molar-refractivity contribution is 0.0951. The molecule has 0 fully saturated rings. The number of hydrogen-bond donors (Lipinski definition) is 2. The van der Waals surface area contributed by atoms with Crippen molar-refractivity contribution in [1.82, 2.24) is 10.2 Å². The van der Waals surface area contributed by atoms with Crippen LogP contribution >= 0.6 is 0 Å². The van der Waals surface area contributed by atoms with Gasteiger partial charge in [-0.1, -0.05) is 32.0 Å². The second-order valence-corrected chi connectivity index (χ2v) is 6.13. The predicted octanol–water partition coefficient (Wildman–Crippen LogP) is 2.93. The van der Waals surface area contributed by atoms with Crippen LogP contribution in [0.1, 0.15) is 29.8 Å². The highest BCUT2D eigenvalue weighted by Gasteiger charge is 2.10. The van der Waals surface area contributed by atoms with Gasteiger partial charge in [0.05, 0.1) is 12.7 Å². The number of carbonyl (C=O) groups excluding carboxylic acids is 1. The molecule has 0 saturated carbocycles. The molecule has 0 aliphatic heterocycles. The van der Waals surface area contributed by atoms with Crippen molar-refractivity contribution in [2.24, 2.45) is 0 Å². The smallest absolute Gasteiger partial charge is 0.253 e. The molecule has 2 aromatic carbocycles. The van der Waals surface area contributed by atoms with Crippen LogP contribution in [0, 0.1) is 0 Å². The van der Waals surface area contributed by atoms with E-state index in [9.17, 15) is 4.79 Å². The number of anilines is 1. The zero-order valence-electron chi connectivity index (χ0n) is 16.3. The molecule has 1 amide bonds. The molecule has 27 heavy (non-hydrogen) atoms. The molecule has 2 rings (SSSR count). The average molecular weight is 371 g/mol. The zero-order chi connectivity index (χ0) is 19.6. The Morgan fingerprint density at radius 3 is 2.52 bits per heavy atom. The van der Waals surface area contributed by atoms with E-state index in [0.29, 0.717) is 35.9 Å². The van der Waals surface area contributed by atoms with Crippen molar-refractivity contribution >= 4 is 11.6 Å². The van der Waals surface area contributed by atoms with E-state index in [1.165, 1.54) is 0 Å². The predicted molar refractivity (Wildman–Crippen MR) is 108 cm³/mol. The third kappa shape index (κ3) is 5.89. The summed E-state index contributed by atoms with van der Waals surface area (Å²) in [7, 11) is 1.61. The minimum absolute atomic E-state index is 0.202. The number of carbonyl (C=O) groups is 1. The van der Waals surface area contributed by atoms with Crippen molar-refractivity contribution in [3.05, 3.63) is 53.6 Å². The fraction of sp³-hybridized carbons (Fsp3) is 0.381. The maximum atomic E-state index is 12.3. The van der Waals surface area contributed by atoms with E-state index in [2.05, 4.69) is 24.1 Å². The fourth-order valence-electron chi connectivity index (χ4n) is 2.75. The lowest BCUT2D eigenvalue weighted by Gasteiger charge is -2.19. The van der Waals surface area contributed by atoms with E-state index >= 15 is 0 Å². The normalized spacial score (nSPS) is 10.7. The van der Waals surface area contributed by atoms with Crippen molar-refractivity contribution < 1.29 is 14.3 Å². The van der Waals surface area contributed by atoms with Crippen LogP contribution in [0.5, 0.6) is 11.5 Å². The number of methoxy groups -OCH3 is 1. The molecule has 2 aromatic rings. The monoisotopic (exact) mass is 371 g/mol. The molecule has 0 heterocycles. The molecule has 0 radical (unpaired) electrons. The van der Waals surface area contributed by atoms with Gasteiger partial charge in [-0.2, -0.15) is 0 Å². The molecule has 0 spiro atoms. The number of ether oxygens (including phenoxy) is 2. The molecule has 6 heteroatoms. The molecule has 0 unspecified atom stereocenters. The van der Waals surface area contributed by atoms with Crippen LogP contribution in [0.2, 0.25) is 0 Å². The summed E-state index contributed by atoms with van der Waals surface area (Å²) in [5, 5.41) is 2.88. The van der Waals surface area contributed by atoms with Gasteiger partial charge in [-0.05, 0) is 42.9 Å². The Morgan fingerprint density at radius 1 is 1.11 bits per heavy atom. The Bertz CT molecular complexity index is 745. The van der Waals surface area contributed by atoms with Gasteiger partial charge in [0.15, 0.2) is 11.5 Å². The standard InChI is InChI=1S/C21H29N3O3/c1-4-24(5-2)12-13-27-19-11-10-16(14-20(19)26-3)15-23-21(25)17-8-6-7-9-18(17)22/h6-11,14H,4-5,12-13,15,22H2,1-3H3,(H,23,25). The first-order valence-corrected chi connectivity index (χ1v) is 9.23. The lowest BCUT2D eigenvalue weighted by Crippen LogP contribution is -2.28. The topological polar surface area (TPSA) is 76.8 Å². The van der Waals surface area contributed by atoms with E-state index in [1.54, 1.807) is 31.4 Å². The number of para-hydroxylation sites is 1. The molecular formula is C21H29N3O3. The maximum absolute atomic E-state index is 12.3. The van der Waals surface area contributed by atoms with Gasteiger partial charge in [0, 0.05) is 18.8 Å². The van der Waals surface area contributed by atoms with Gasteiger partial charge in [0.1, 0.15) is 6.61 Å². The second kappa shape index (κ2) is 10.4. The number of likely N-dealkylation sites (N-methyl/N-ethyl adjacent to an activating group) is 1. The first-order valence-electron chi connectivity index (χ1n) is 9.23. The second-order valence-electron chi connectivity index (χ2n) is 6.13. The quantitative estimate of drug-likeness (QED) is 0.628. The summed E-state index contributed by atoms with van der Waals surface area (Å²) in [6.45, 7) is 8.12. The van der Waals surface area contributed by atoms with E-state index in [-0.39, 0.29) is 5.91 Å². The Morgan fingerprint density at radius 2 is 1.85 bits per heavy atom. The Balaban J connectivity index is 1.95. The minimum atomic E-state index is -0.202. The summed E-state index contributed by atoms with van der Waals surface area (Å²) in [5.41, 5.74) is 7.70. The number of nitrogens with zero attached hydrogens (tertiary/aromatic N) is 1. The van der Waals surface area contributed by atoms with Crippen LogP contribution in [0.25, 0.3) is 0 Å². The molecule has 146 valence electrons. The first kappa shape index (κ1) is 20.6. The summed E-state index contributed by atoms with van der Waals surface area (Å²) in [6.07, 6.45) is 0. The van der Waals surface area contributed by atoms with E-state index < -0.39 is 0 Å². The Kier molecular flexibility index (Phi) is 7.95. The average Bonchev–Trinajstić information content (AvgIpc) is 2.70. The third-order valence-corrected chi connectivity index (χ3v) is 4.45. The van der Waals surface area contributed by atoms with Crippen molar-refractivity contribution in [3.63, 3.8) is 0 Å². The molecule has 0 atom stereocenters. The molecule has 6 nitrogen and oxygen atoms in total. The summed E-state index contributed by atoms with van der Waals surface area (Å²) < 4.78 is 11.3. The maximum Gasteiger partial charge on any atom is 0.253 e. The highest BCUT2D eigenvalue weighted by Crippen LogP contribution is 2.28. The summed E-state index contributed by atoms with van der Waals surface area (Å²) in [4.78, 5) is 14.6. The van der Waals surface area contributed by atoms with Gasteiger partial charge in [-0.3, -0.25) is 4.79 Å². The molecule has 0 aliphatic rings. The van der Waals surface area contributed by atoms with Gasteiger partial charge in [0.25, 0.3) is 5.91 Å². The van der Waals surface area contributed by atoms with Crippen molar-refractivity contribution in [3.8, 4) is 11.5 Å². The molecule has 3 N–H and O–H groups in total. The molecule has 0 aliphatic carbocycles. The number of amides is 1. The van der Waals surface area contributed by atoms with Crippen LogP contribution in [0.3, 0.4) is 0 Å². The number of nitrogen functional groups attached to an aromatic ring is 1. The number of nitrogens with two attached hydrogens (primary N) is 1. The van der Waals surface area contributed by atoms with Crippen LogP contribution in [-0.4, -0.2) is 44.2 Å². The lowest BCUT2D eigenvalue weighted by atomic mass is 10.1. The SMILES string of the molecule is CCN(CC)CCOc1ccc(CNC(=O)c2ccccc2N)cc1OC. The summed E-state index contributed by atoms with van der Waals surface area (Å²) >= 11 is 0. The number of rotatable bonds is 10. The summed E-state index contributed by atoms with van der Waals surface area (Å²) in [5.74, 6) is 1.15. The Labute approximate surface area is 161 Å². The van der Waals surface area contributed by atoms with Crippen LogP contribution in [0.4, 0.5) is 5.69 Å². The minimum Gasteiger partial charge on any atom is -0.493 e. The van der Waals surface area contributed by atoms with Gasteiger partial charge in [-0.15, -0.1) is 0 Å². The number of hydrogen-bond acceptors (Lipinski definition) is 5. The molecule has 0 bridgehead atoms. The number of benzene rings is 2. The van der Waals surface area contributed by atoms with E-state index in [0.717, 1.165) is 25.2 Å². The highest BCUT2D eigenvalue weighted by atomic mass is 16.5. The highest BCUT2D eigenvalue weighted by molar-refractivity contribution is 5.99. The van der Waals surface area contributed by atoms with Gasteiger partial charge in [0.2, 0.25) is 0 Å². The first-order chi connectivity index (χ1) is 13.1. The van der Waals surface area contributed by atoms with Gasteiger partial charge < -0.3 is 25.4 Å². The largest absolute Gasteiger partial charge is 0.493 e. The van der Waals surface area contributed by atoms with Gasteiger partial charge in [-0.25, -0.2) is 0 Å². The van der Waals surface area contributed by atoms with E-state index in [1.807, 2.05) is 18.2 Å². The van der Waals surface area contributed by atoms with Crippen LogP contribution in [0.15, 0.2) is 42.5 Å². The third-order valence-electron chi connectivity index (χ3n) is 4.45. The van der Waals surface area contributed by atoms with E-state index in [4.69, 9.17) is 15.2 Å². The zero-order valence-corrected chi connectivity index (χ0v) is 16.3. The van der Waals surface area contributed by atoms with Gasteiger partial charge >= 0.3 is 0 Å². The molecule has 0 aromatic heterocycles. The van der Waals surface area contributed by atoms with Crippen molar-refractivity contribution in [2.45, 2.75) is 20.4 Å². The molecule has 0 saturated heterocycles. The number of nitrogens with one attached hydrogen (secondary N) is 1. The fourth-order valence-corrected chi connectivity index (χ4v) is 2.75. The van der Waals surface area contributed by atoms with Crippen LogP contribution in [-0.2, 0) is 6.54 Å². The summed E-state index contributed by atoms with van der Waals surface area (Å²) in [6, 6.07) is 12.7. The molecular weight excluding hydrogens is 342 g/mol. The van der Waals surface area contributed by atoms with Crippen LogP contribution < -0.4 is 20.5 Å². The van der Waals surface area contributed by atoms with Crippen molar-refractivity contribution in [2.75, 3.05) is 39.1 Å². The Hall–Kier alpha value is -2.73.